The van der Waals surface area contributed by atoms with Crippen molar-refractivity contribution in [3.63, 3.8) is 0 Å². The van der Waals surface area contributed by atoms with Gasteiger partial charge in [-0.2, -0.15) is 4.31 Å². The number of piperidine rings is 1. The molecule has 0 aromatic heterocycles. The van der Waals surface area contributed by atoms with Crippen LogP contribution in [-0.2, 0) is 29.5 Å². The normalized spacial score (nSPS) is 20.3. The third-order valence-corrected chi connectivity index (χ3v) is 11.1. The van der Waals surface area contributed by atoms with E-state index in [4.69, 9.17) is 9.47 Å². The molecule has 0 spiro atoms. The molecule has 246 valence electrons. The lowest BCUT2D eigenvalue weighted by molar-refractivity contribution is -0.126. The van der Waals surface area contributed by atoms with Gasteiger partial charge >= 0.3 is 11.9 Å². The van der Waals surface area contributed by atoms with Crippen molar-refractivity contribution < 1.29 is 41.0 Å². The largest absolute Gasteiger partial charge is 0.453 e. The molecule has 1 aliphatic heterocycles. The van der Waals surface area contributed by atoms with Crippen LogP contribution in [0.25, 0.3) is 0 Å². The summed E-state index contributed by atoms with van der Waals surface area (Å²) in [7, 11) is -8.63. The van der Waals surface area contributed by atoms with Crippen LogP contribution in [0.5, 0.6) is 0 Å². The van der Waals surface area contributed by atoms with Crippen LogP contribution < -0.4 is 4.72 Å². The van der Waals surface area contributed by atoms with E-state index >= 15 is 0 Å². The zero-order chi connectivity index (χ0) is 33.8. The first kappa shape index (κ1) is 33.9. The summed E-state index contributed by atoms with van der Waals surface area (Å²) in [5, 5.41) is 11.4. The lowest BCUT2D eigenvalue weighted by Gasteiger charge is -2.45. The van der Waals surface area contributed by atoms with E-state index in [1.165, 1.54) is 48.5 Å². The van der Waals surface area contributed by atoms with Gasteiger partial charge in [-0.15, -0.1) is 0 Å². The number of ether oxygens (including phenoxy) is 2. The highest BCUT2D eigenvalue weighted by Crippen LogP contribution is 2.31. The maximum Gasteiger partial charge on any atom is 0.338 e. The summed E-state index contributed by atoms with van der Waals surface area (Å²) < 4.78 is 69.9. The van der Waals surface area contributed by atoms with E-state index in [0.717, 1.165) is 15.4 Å². The zero-order valence-corrected chi connectivity index (χ0v) is 27.2. The summed E-state index contributed by atoms with van der Waals surface area (Å²) >= 11 is 0. The summed E-state index contributed by atoms with van der Waals surface area (Å²) in [5.41, 5.74) is 1.87. The smallest absolute Gasteiger partial charge is 0.338 e. The molecule has 0 unspecified atom stereocenters. The van der Waals surface area contributed by atoms with Gasteiger partial charge in [-0.1, -0.05) is 71.8 Å². The fourth-order valence-corrected chi connectivity index (χ4v) is 7.89. The summed E-state index contributed by atoms with van der Waals surface area (Å²) in [6, 6.07) is 26.3. The number of benzene rings is 4. The molecule has 0 saturated carbocycles. The van der Waals surface area contributed by atoms with Gasteiger partial charge in [0.2, 0.25) is 20.0 Å². The number of aryl methyl sites for hydroxylation is 2. The van der Waals surface area contributed by atoms with Gasteiger partial charge in [0, 0.05) is 13.1 Å². The van der Waals surface area contributed by atoms with E-state index < -0.39 is 69.4 Å². The van der Waals surface area contributed by atoms with Crippen molar-refractivity contribution >= 4 is 32.0 Å². The number of rotatable bonds is 10. The Morgan fingerprint density at radius 1 is 0.702 bits per heavy atom. The second-order valence-electron chi connectivity index (χ2n) is 11.2. The molecule has 1 fully saturated rings. The van der Waals surface area contributed by atoms with E-state index in [2.05, 4.69) is 4.72 Å². The first-order valence-electron chi connectivity index (χ1n) is 14.7. The molecule has 4 atom stereocenters. The number of β-amino-alcohol motifs (C(OH)–C–C–N with tert-alkyl or cyclic N) is 1. The number of sulfonamides is 2. The van der Waals surface area contributed by atoms with Gasteiger partial charge in [-0.05, 0) is 62.4 Å². The highest BCUT2D eigenvalue weighted by molar-refractivity contribution is 7.89. The SMILES string of the molecule is Cc1ccc(S(=O)(=O)NC[C@H]2[C@@H](OC(=O)c3ccccc3)[C@H](OC(=O)c3ccccc3)[C@H](O)CN2S(=O)(=O)c2ccc(C)cc2)cc1. The van der Waals surface area contributed by atoms with Gasteiger partial charge < -0.3 is 14.6 Å². The number of esters is 2. The third-order valence-electron chi connectivity index (χ3n) is 7.77. The average Bonchev–Trinajstić information content (AvgIpc) is 3.06. The first-order valence-corrected chi connectivity index (χ1v) is 17.6. The van der Waals surface area contributed by atoms with Crippen molar-refractivity contribution in [2.24, 2.45) is 0 Å². The molecule has 5 rings (SSSR count). The fourth-order valence-electron chi connectivity index (χ4n) is 5.18. The molecule has 1 saturated heterocycles. The van der Waals surface area contributed by atoms with Crippen molar-refractivity contribution in [3.05, 3.63) is 131 Å². The molecule has 2 N–H and O–H groups in total. The van der Waals surface area contributed by atoms with E-state index in [1.807, 2.05) is 0 Å². The average molecular weight is 679 g/mol. The molecular weight excluding hydrogens is 645 g/mol. The molecule has 4 aromatic carbocycles. The maximum absolute atomic E-state index is 14.1. The van der Waals surface area contributed by atoms with Crippen LogP contribution in [0.1, 0.15) is 31.8 Å². The number of hydrogen-bond donors (Lipinski definition) is 2. The van der Waals surface area contributed by atoms with Crippen molar-refractivity contribution in [2.75, 3.05) is 13.1 Å². The van der Waals surface area contributed by atoms with E-state index in [9.17, 15) is 31.5 Å². The predicted molar refractivity (Wildman–Crippen MR) is 173 cm³/mol. The van der Waals surface area contributed by atoms with E-state index in [1.54, 1.807) is 74.5 Å². The number of aliphatic hydroxyl groups excluding tert-OH is 1. The minimum absolute atomic E-state index is 0.0724. The van der Waals surface area contributed by atoms with Gasteiger partial charge in [0.15, 0.2) is 12.2 Å². The van der Waals surface area contributed by atoms with Gasteiger partial charge in [0.05, 0.1) is 27.0 Å². The quantitative estimate of drug-likeness (QED) is 0.240. The molecule has 0 aliphatic carbocycles. The fraction of sp³-hybridized carbons (Fsp3) is 0.235. The lowest BCUT2D eigenvalue weighted by atomic mass is 9.95. The van der Waals surface area contributed by atoms with Gasteiger partial charge in [0.25, 0.3) is 0 Å². The summed E-state index contributed by atoms with van der Waals surface area (Å²) in [6.07, 6.45) is -4.89. The van der Waals surface area contributed by atoms with Gasteiger partial charge in [0.1, 0.15) is 6.10 Å². The predicted octanol–water partition coefficient (Wildman–Crippen LogP) is 3.47. The summed E-state index contributed by atoms with van der Waals surface area (Å²) in [5.74, 6) is -1.76. The Morgan fingerprint density at radius 2 is 1.15 bits per heavy atom. The molecule has 47 heavy (non-hydrogen) atoms. The standard InChI is InChI=1S/C34H34N2O9S2/c1-23-13-17-27(18-14-23)46(40,41)35-21-29-31(44-33(38)25-9-5-3-6-10-25)32(45-34(39)26-11-7-4-8-12-26)30(37)22-36(29)47(42,43)28-19-15-24(2)16-20-28/h3-20,29-32,35,37H,21-22H2,1-2H3/t29-,30+,31+,32+/m0/s1. The second kappa shape index (κ2) is 14.2. The molecule has 13 heteroatoms. The summed E-state index contributed by atoms with van der Waals surface area (Å²) in [4.78, 5) is 26.4. The monoisotopic (exact) mass is 678 g/mol. The number of nitrogens with one attached hydrogen (secondary N) is 1. The highest BCUT2D eigenvalue weighted by atomic mass is 32.2. The molecule has 4 aromatic rings. The van der Waals surface area contributed by atoms with Crippen molar-refractivity contribution in [3.8, 4) is 0 Å². The minimum Gasteiger partial charge on any atom is -0.453 e. The maximum atomic E-state index is 14.1. The molecule has 0 amide bonds. The molecule has 0 radical (unpaired) electrons. The number of aliphatic hydroxyl groups is 1. The number of carbonyl (C=O) groups is 2. The molecular formula is C34H34N2O9S2. The van der Waals surface area contributed by atoms with Crippen LogP contribution in [0.4, 0.5) is 0 Å². The Balaban J connectivity index is 1.58. The second-order valence-corrected chi connectivity index (χ2v) is 14.8. The number of carbonyl (C=O) groups excluding carboxylic acids is 2. The third kappa shape index (κ3) is 7.77. The Bertz CT molecular complexity index is 1920. The van der Waals surface area contributed by atoms with Crippen LogP contribution in [0.2, 0.25) is 0 Å². The highest BCUT2D eigenvalue weighted by Gasteiger charge is 2.52. The van der Waals surface area contributed by atoms with Gasteiger partial charge in [-0.3, -0.25) is 0 Å². The van der Waals surface area contributed by atoms with Crippen LogP contribution in [0.15, 0.2) is 119 Å². The molecule has 0 bridgehead atoms. The van der Waals surface area contributed by atoms with Crippen molar-refractivity contribution in [2.45, 2.75) is 48.0 Å². The van der Waals surface area contributed by atoms with Crippen molar-refractivity contribution in [1.82, 2.24) is 9.03 Å². The van der Waals surface area contributed by atoms with Crippen molar-refractivity contribution in [1.29, 1.82) is 0 Å². The Kier molecular flexibility index (Phi) is 10.2. The molecule has 1 heterocycles. The van der Waals surface area contributed by atoms with Gasteiger partial charge in [-0.25, -0.2) is 31.1 Å². The van der Waals surface area contributed by atoms with Crippen LogP contribution in [0.3, 0.4) is 0 Å². The number of hydrogen-bond acceptors (Lipinski definition) is 9. The minimum atomic E-state index is -4.43. The molecule has 1 aliphatic rings. The Labute approximate surface area is 273 Å². The molecule has 11 nitrogen and oxygen atoms in total. The van der Waals surface area contributed by atoms with Crippen LogP contribution in [-0.4, -0.2) is 75.6 Å². The van der Waals surface area contributed by atoms with Crippen LogP contribution in [0, 0.1) is 13.8 Å². The van der Waals surface area contributed by atoms with Crippen LogP contribution >= 0.6 is 0 Å². The zero-order valence-electron chi connectivity index (χ0n) is 25.6. The Hall–Kier alpha value is -4.40. The summed E-state index contributed by atoms with van der Waals surface area (Å²) in [6.45, 7) is 2.39. The Morgan fingerprint density at radius 3 is 1.64 bits per heavy atom. The van der Waals surface area contributed by atoms with E-state index in [-0.39, 0.29) is 20.9 Å². The topological polar surface area (TPSA) is 156 Å². The lowest BCUT2D eigenvalue weighted by Crippen LogP contribution is -2.67. The first-order chi connectivity index (χ1) is 22.4. The van der Waals surface area contributed by atoms with E-state index in [0.29, 0.717) is 0 Å². The number of nitrogens with zero attached hydrogens (tertiary/aromatic N) is 1.